The number of rotatable bonds is 43. The van der Waals surface area contributed by atoms with Crippen LogP contribution in [0.5, 0.6) is 0 Å². The quantitative estimate of drug-likeness (QED) is 0.0346. The molecule has 18 heteroatoms. The number of amides is 1. The Kier molecular flexibility index (Phi) is 32.6. The Hall–Kier alpha value is -1.55. The molecular formula is C35H63N3O13S2. The fourth-order valence-corrected chi connectivity index (χ4v) is 6.39. The zero-order chi connectivity index (χ0) is 38.7. The summed E-state index contributed by atoms with van der Waals surface area (Å²) in [6, 6.07) is 0. The van der Waals surface area contributed by atoms with Crippen molar-refractivity contribution in [1.29, 1.82) is 0 Å². The number of hydrogen-bond donors (Lipinski definition) is 3. The fraction of sp³-hybridized carbons (Fsp3) is 0.857. The highest BCUT2D eigenvalue weighted by molar-refractivity contribution is 8.94. The van der Waals surface area contributed by atoms with Crippen LogP contribution in [0.15, 0.2) is 0 Å². The van der Waals surface area contributed by atoms with Crippen molar-refractivity contribution in [1.82, 2.24) is 10.6 Å². The second kappa shape index (κ2) is 34.9. The monoisotopic (exact) mass is 797 g/mol. The lowest BCUT2D eigenvalue weighted by Crippen LogP contribution is -2.36. The summed E-state index contributed by atoms with van der Waals surface area (Å²) in [7, 11) is 2.66. The maximum Gasteiger partial charge on any atom is 0.212 e. The average Bonchev–Trinajstić information content (AvgIpc) is 3.93. The molecule has 0 saturated carbocycles. The lowest BCUT2D eigenvalue weighted by molar-refractivity contribution is -0.129. The second-order valence-corrected chi connectivity index (χ2v) is 14.9. The van der Waals surface area contributed by atoms with Gasteiger partial charge in [-0.25, -0.2) is 0 Å². The van der Waals surface area contributed by atoms with E-state index in [0.29, 0.717) is 138 Å². The number of Topliss-reactive ketones (excluding diaryl/α,β-unsaturated/α-hetero) is 4. The van der Waals surface area contributed by atoms with Crippen molar-refractivity contribution in [3.8, 4) is 0 Å². The van der Waals surface area contributed by atoms with Crippen molar-refractivity contribution >= 4 is 51.1 Å². The van der Waals surface area contributed by atoms with Crippen molar-refractivity contribution in [2.75, 3.05) is 125 Å². The van der Waals surface area contributed by atoms with E-state index in [1.54, 1.807) is 0 Å². The van der Waals surface area contributed by atoms with E-state index in [2.05, 4.69) is 10.6 Å². The molecule has 0 bridgehead atoms. The summed E-state index contributed by atoms with van der Waals surface area (Å²) < 4.78 is 43.0. The van der Waals surface area contributed by atoms with Crippen LogP contribution in [0.3, 0.4) is 0 Å². The molecule has 4 N–H and O–H groups in total. The molecule has 1 saturated heterocycles. The SMILES string of the molecule is CC(=O)CNCCOCCOCCOCCOCCC(=O)CC(CCCCN)C(=O)CCCOCCOCCOCCOCCC(=O)C1(NC=O)SS1. The molecule has 0 aromatic heterocycles. The number of ketones is 4. The molecule has 1 aliphatic rings. The molecule has 1 amide bonds. The van der Waals surface area contributed by atoms with Gasteiger partial charge in [0.1, 0.15) is 17.3 Å². The van der Waals surface area contributed by atoms with Crippen LogP contribution in [0.25, 0.3) is 0 Å². The zero-order valence-electron chi connectivity index (χ0n) is 31.4. The minimum atomic E-state index is -0.821. The van der Waals surface area contributed by atoms with E-state index < -0.39 is 4.20 Å². The van der Waals surface area contributed by atoms with Gasteiger partial charge in [-0.05, 0) is 54.3 Å². The highest BCUT2D eigenvalue weighted by Crippen LogP contribution is 2.63. The highest BCUT2D eigenvalue weighted by atomic mass is 33.2. The smallest absolute Gasteiger partial charge is 0.212 e. The molecule has 1 unspecified atom stereocenters. The fourth-order valence-electron chi connectivity index (χ4n) is 4.63. The first-order valence-corrected chi connectivity index (χ1v) is 20.7. The molecule has 1 heterocycles. The van der Waals surface area contributed by atoms with E-state index in [0.717, 1.165) is 12.8 Å². The van der Waals surface area contributed by atoms with Crippen molar-refractivity contribution in [3.05, 3.63) is 0 Å². The molecule has 1 rings (SSSR count). The molecule has 0 radical (unpaired) electrons. The minimum Gasteiger partial charge on any atom is -0.379 e. The minimum absolute atomic E-state index is 0.00806. The van der Waals surface area contributed by atoms with Crippen molar-refractivity contribution < 1.29 is 61.9 Å². The molecule has 0 spiro atoms. The predicted molar refractivity (Wildman–Crippen MR) is 202 cm³/mol. The van der Waals surface area contributed by atoms with Gasteiger partial charge in [-0.3, -0.25) is 24.0 Å². The summed E-state index contributed by atoms with van der Waals surface area (Å²) in [4.78, 5) is 59.0. The van der Waals surface area contributed by atoms with Crippen molar-refractivity contribution in [2.24, 2.45) is 11.7 Å². The van der Waals surface area contributed by atoms with Crippen molar-refractivity contribution in [2.45, 2.75) is 62.5 Å². The Morgan fingerprint density at radius 3 is 1.62 bits per heavy atom. The lowest BCUT2D eigenvalue weighted by atomic mass is 9.89. The van der Waals surface area contributed by atoms with E-state index in [-0.39, 0.29) is 61.5 Å². The van der Waals surface area contributed by atoms with Gasteiger partial charge in [-0.15, -0.1) is 0 Å². The van der Waals surface area contributed by atoms with Gasteiger partial charge in [-0.1, -0.05) is 6.42 Å². The highest BCUT2D eigenvalue weighted by Gasteiger charge is 2.52. The number of carbonyl (C=O) groups excluding carboxylic acids is 5. The van der Waals surface area contributed by atoms with Crippen LogP contribution >= 0.6 is 21.6 Å². The Morgan fingerprint density at radius 2 is 1.13 bits per heavy atom. The van der Waals surface area contributed by atoms with Gasteiger partial charge >= 0.3 is 0 Å². The Labute approximate surface area is 322 Å². The molecule has 0 aromatic rings. The third-order valence-electron chi connectivity index (χ3n) is 7.54. The Bertz CT molecular complexity index is 980. The van der Waals surface area contributed by atoms with Gasteiger partial charge in [-0.2, -0.15) is 0 Å². The Morgan fingerprint density at radius 1 is 0.642 bits per heavy atom. The molecule has 1 fully saturated rings. The maximum atomic E-state index is 12.9. The number of unbranched alkanes of at least 4 members (excludes halogenated alkanes) is 1. The van der Waals surface area contributed by atoms with Crippen LogP contribution in [0, 0.1) is 5.92 Å². The van der Waals surface area contributed by atoms with E-state index >= 15 is 0 Å². The maximum absolute atomic E-state index is 12.9. The second-order valence-electron chi connectivity index (χ2n) is 12.0. The largest absolute Gasteiger partial charge is 0.379 e. The van der Waals surface area contributed by atoms with E-state index in [1.807, 2.05) is 0 Å². The van der Waals surface area contributed by atoms with Gasteiger partial charge in [0.2, 0.25) is 10.6 Å². The summed E-state index contributed by atoms with van der Waals surface area (Å²) in [5, 5.41) is 5.50. The van der Waals surface area contributed by atoms with Gasteiger partial charge in [0.25, 0.3) is 0 Å². The summed E-state index contributed by atoms with van der Waals surface area (Å²) >= 11 is 0. The number of carbonyl (C=O) groups is 5. The van der Waals surface area contributed by atoms with Gasteiger partial charge in [0.05, 0.1) is 106 Å². The molecule has 0 aromatic carbocycles. The van der Waals surface area contributed by atoms with Crippen LogP contribution in [-0.2, 0) is 61.9 Å². The van der Waals surface area contributed by atoms with Gasteiger partial charge < -0.3 is 54.3 Å². The summed E-state index contributed by atoms with van der Waals surface area (Å²) in [6.07, 6.45) is 4.40. The number of ether oxygens (including phenoxy) is 8. The number of hydrogen-bond acceptors (Lipinski definition) is 17. The van der Waals surface area contributed by atoms with Crippen molar-refractivity contribution in [3.63, 3.8) is 0 Å². The van der Waals surface area contributed by atoms with E-state index in [1.165, 1.54) is 28.5 Å². The average molecular weight is 798 g/mol. The third-order valence-corrected chi connectivity index (χ3v) is 10.2. The summed E-state index contributed by atoms with van der Waals surface area (Å²) in [5.41, 5.74) is 5.63. The first-order chi connectivity index (χ1) is 25.8. The normalized spacial score (nSPS) is 13.8. The molecule has 1 aliphatic heterocycles. The predicted octanol–water partition coefficient (Wildman–Crippen LogP) is 1.50. The van der Waals surface area contributed by atoms with Crippen LogP contribution < -0.4 is 16.4 Å². The topological polar surface area (TPSA) is 209 Å². The van der Waals surface area contributed by atoms with Crippen LogP contribution in [0.2, 0.25) is 0 Å². The Balaban J connectivity index is 1.97. The van der Waals surface area contributed by atoms with Crippen LogP contribution in [0.4, 0.5) is 0 Å². The molecule has 53 heavy (non-hydrogen) atoms. The molecule has 16 nitrogen and oxygen atoms in total. The summed E-state index contributed by atoms with van der Waals surface area (Å²) in [5.74, 6) is -0.210. The molecular weight excluding hydrogens is 735 g/mol. The summed E-state index contributed by atoms with van der Waals surface area (Å²) in [6.45, 7) is 9.47. The lowest BCUT2D eigenvalue weighted by Gasteiger charge is -2.15. The molecule has 308 valence electrons. The number of nitrogens with two attached hydrogens (primary N) is 1. The zero-order valence-corrected chi connectivity index (χ0v) is 33.1. The molecule has 1 atom stereocenters. The van der Waals surface area contributed by atoms with Crippen LogP contribution in [-0.4, -0.2) is 159 Å². The van der Waals surface area contributed by atoms with Crippen LogP contribution in [0.1, 0.15) is 58.3 Å². The first kappa shape index (κ1) is 49.5. The van der Waals surface area contributed by atoms with E-state index in [4.69, 9.17) is 43.6 Å². The van der Waals surface area contributed by atoms with E-state index in [9.17, 15) is 24.0 Å². The first-order valence-electron chi connectivity index (χ1n) is 18.5. The third kappa shape index (κ3) is 29.4. The molecule has 0 aliphatic carbocycles. The standard InChI is InChI=1S/C35H63N3O13S2/c1-30(40)28-37-10-14-47-18-22-51-26-25-49-20-16-45-12-7-32(41)27-31(5-2-3-9-36)33(42)6-4-11-44-15-19-48-23-24-50-21-17-46-13-8-34(43)35(38-29-39)52-53-35/h29,31,37H,2-28,36H2,1H3,(H,38,39). The van der Waals surface area contributed by atoms with Gasteiger partial charge in [0.15, 0.2) is 5.78 Å². The van der Waals surface area contributed by atoms with Gasteiger partial charge in [0, 0.05) is 44.8 Å². The number of nitrogens with one attached hydrogen (secondary N) is 2.